The van der Waals surface area contributed by atoms with Crippen LogP contribution in [0, 0.1) is 0 Å². The van der Waals surface area contributed by atoms with Gasteiger partial charge in [0.15, 0.2) is 0 Å². The Kier molecular flexibility index (Phi) is 5.93. The van der Waals surface area contributed by atoms with Gasteiger partial charge in [0.05, 0.1) is 35.2 Å². The first kappa shape index (κ1) is 23.2. The van der Waals surface area contributed by atoms with Crippen molar-refractivity contribution in [2.24, 2.45) is 0 Å². The van der Waals surface area contributed by atoms with E-state index < -0.39 is 18.1 Å². The largest absolute Gasteiger partial charge is 0.493 e. The number of carbonyl (C=O) groups is 2. The average Bonchev–Trinajstić information content (AvgIpc) is 3.52. The van der Waals surface area contributed by atoms with Crippen molar-refractivity contribution in [3.05, 3.63) is 89.8 Å². The zero-order valence-electron chi connectivity index (χ0n) is 18.6. The molecule has 1 N–H and O–H groups in total. The first-order valence-corrected chi connectivity index (χ1v) is 10.9. The Morgan fingerprint density at radius 3 is 2.69 bits per heavy atom. The van der Waals surface area contributed by atoms with Crippen LogP contribution in [0.25, 0.3) is 34.5 Å². The van der Waals surface area contributed by atoms with E-state index in [-0.39, 0.29) is 29.9 Å². The monoisotopic (exact) mass is 493 g/mol. The van der Waals surface area contributed by atoms with Crippen LogP contribution in [0.4, 0.5) is 13.2 Å². The van der Waals surface area contributed by atoms with Gasteiger partial charge in [-0.25, -0.2) is 4.79 Å². The van der Waals surface area contributed by atoms with Crippen LogP contribution in [-0.4, -0.2) is 34.3 Å². The Morgan fingerprint density at radius 2 is 1.92 bits per heavy atom. The van der Waals surface area contributed by atoms with Gasteiger partial charge in [0.1, 0.15) is 0 Å². The highest BCUT2D eigenvalue weighted by atomic mass is 19.4. The van der Waals surface area contributed by atoms with Gasteiger partial charge in [0.2, 0.25) is 0 Å². The van der Waals surface area contributed by atoms with Crippen LogP contribution in [0.2, 0.25) is 0 Å². The number of hydrogen-bond acceptors (Lipinski definition) is 5. The number of nitrogens with zero attached hydrogens (tertiary/aromatic N) is 2. The zero-order valence-corrected chi connectivity index (χ0v) is 18.6. The van der Waals surface area contributed by atoms with Crippen molar-refractivity contribution < 1.29 is 32.0 Å². The van der Waals surface area contributed by atoms with Gasteiger partial charge in [-0.05, 0) is 41.5 Å². The summed E-state index contributed by atoms with van der Waals surface area (Å²) in [5, 5.41) is 2.64. The molecular formula is C26H18F3N3O4. The van der Waals surface area contributed by atoms with Crippen molar-refractivity contribution in [1.82, 2.24) is 15.0 Å². The number of carbonyl (C=O) groups excluding carboxylic acids is 2. The van der Waals surface area contributed by atoms with E-state index in [9.17, 15) is 22.8 Å². The third-order valence-corrected chi connectivity index (χ3v) is 5.66. The third-order valence-electron chi connectivity index (χ3n) is 5.66. The predicted molar refractivity (Wildman–Crippen MR) is 124 cm³/mol. The molecule has 0 spiro atoms. The minimum absolute atomic E-state index is 0.130. The summed E-state index contributed by atoms with van der Waals surface area (Å²) < 4.78 is 44.8. The number of fused-ring (bicyclic) bond motifs is 1. The van der Waals surface area contributed by atoms with E-state index in [2.05, 4.69) is 10.3 Å². The fourth-order valence-corrected chi connectivity index (χ4v) is 3.99. The smallest absolute Gasteiger partial charge is 0.472 e. The summed E-state index contributed by atoms with van der Waals surface area (Å²) in [6.45, 7) is 0.208. The molecule has 3 aromatic heterocycles. The molecule has 0 atom stereocenters. The Balaban J connectivity index is 1.52. The number of aromatic nitrogens is 2. The lowest BCUT2D eigenvalue weighted by Crippen LogP contribution is -2.37. The van der Waals surface area contributed by atoms with Gasteiger partial charge in [0, 0.05) is 30.3 Å². The van der Waals surface area contributed by atoms with Crippen LogP contribution >= 0.6 is 0 Å². The molecule has 0 saturated carbocycles. The average molecular weight is 493 g/mol. The lowest BCUT2D eigenvalue weighted by Gasteiger charge is -2.17. The second-order valence-corrected chi connectivity index (χ2v) is 7.97. The number of furan rings is 1. The number of pyridine rings is 1. The fraction of sp³-hybridized carbons (Fsp3) is 0.115. The maximum absolute atomic E-state index is 13.0. The van der Waals surface area contributed by atoms with E-state index in [1.807, 2.05) is 36.4 Å². The molecule has 4 heterocycles. The van der Waals surface area contributed by atoms with Crippen LogP contribution < -0.4 is 10.2 Å². The number of halogens is 3. The molecule has 0 fully saturated rings. The van der Waals surface area contributed by atoms with E-state index in [4.69, 9.17) is 9.25 Å². The Morgan fingerprint density at radius 1 is 1.08 bits per heavy atom. The molecule has 1 aliphatic heterocycles. The minimum atomic E-state index is -5.19. The molecule has 4 aromatic rings. The van der Waals surface area contributed by atoms with Gasteiger partial charge >= 0.3 is 12.1 Å². The zero-order chi connectivity index (χ0) is 25.3. The van der Waals surface area contributed by atoms with Crippen LogP contribution in [0.5, 0.6) is 0 Å². The lowest BCUT2D eigenvalue weighted by atomic mass is 10.0. The second kappa shape index (κ2) is 9.21. The molecule has 1 aromatic carbocycles. The summed E-state index contributed by atoms with van der Waals surface area (Å²) in [7, 11) is 0. The van der Waals surface area contributed by atoms with E-state index in [0.29, 0.717) is 11.3 Å². The van der Waals surface area contributed by atoms with Gasteiger partial charge in [-0.1, -0.05) is 30.3 Å². The summed E-state index contributed by atoms with van der Waals surface area (Å²) >= 11 is 0. The first-order valence-electron chi connectivity index (χ1n) is 10.9. The van der Waals surface area contributed by atoms with E-state index in [0.717, 1.165) is 21.4 Å². The summed E-state index contributed by atoms with van der Waals surface area (Å²) in [5.74, 6) is -2.83. The molecule has 0 radical (unpaired) electrons. The van der Waals surface area contributed by atoms with Gasteiger partial charge in [0.25, 0.3) is 5.91 Å². The van der Waals surface area contributed by atoms with Gasteiger partial charge in [-0.3, -0.25) is 9.78 Å². The summed E-state index contributed by atoms with van der Waals surface area (Å²) in [4.78, 5) is 33.0. The number of amides is 1. The molecule has 0 unspecified atom stereocenters. The fourth-order valence-electron chi connectivity index (χ4n) is 3.99. The molecule has 1 amide bonds. The number of hydrogen-bond donors (Lipinski definition) is 1. The first-order chi connectivity index (χ1) is 17.3. The van der Waals surface area contributed by atoms with Crippen molar-refractivity contribution >= 4 is 24.0 Å². The molecule has 36 heavy (non-hydrogen) atoms. The number of rotatable bonds is 5. The van der Waals surface area contributed by atoms with E-state index in [1.54, 1.807) is 30.7 Å². The van der Waals surface area contributed by atoms with Crippen molar-refractivity contribution in [3.63, 3.8) is 0 Å². The quantitative estimate of drug-likeness (QED) is 0.432. The SMILES string of the molecule is O=C1NCCc2c1cc(-c1ccnc(C=Cc3ccccc3-c3ccoc3)c1)n2OC(=O)C(F)(F)F. The minimum Gasteiger partial charge on any atom is -0.472 e. The predicted octanol–water partition coefficient (Wildman–Crippen LogP) is 4.78. The second-order valence-electron chi connectivity index (χ2n) is 7.97. The van der Waals surface area contributed by atoms with Gasteiger partial charge in [-0.2, -0.15) is 17.9 Å². The number of benzene rings is 1. The van der Waals surface area contributed by atoms with Crippen molar-refractivity contribution in [2.75, 3.05) is 6.54 Å². The highest BCUT2D eigenvalue weighted by Gasteiger charge is 2.43. The van der Waals surface area contributed by atoms with Crippen molar-refractivity contribution in [3.8, 4) is 22.4 Å². The topological polar surface area (TPSA) is 86.4 Å². The molecule has 7 nitrogen and oxygen atoms in total. The Labute approximate surface area is 202 Å². The molecular weight excluding hydrogens is 475 g/mol. The Bertz CT molecular complexity index is 1470. The van der Waals surface area contributed by atoms with E-state index >= 15 is 0 Å². The lowest BCUT2D eigenvalue weighted by molar-refractivity contribution is -0.199. The summed E-state index contributed by atoms with van der Waals surface area (Å²) in [5.41, 5.74) is 4.15. The molecule has 0 aliphatic carbocycles. The molecule has 182 valence electrons. The van der Waals surface area contributed by atoms with Crippen molar-refractivity contribution in [1.29, 1.82) is 0 Å². The summed E-state index contributed by atoms with van der Waals surface area (Å²) in [6.07, 6.45) is 3.33. The summed E-state index contributed by atoms with van der Waals surface area (Å²) in [6, 6.07) is 14.1. The third kappa shape index (κ3) is 4.52. The van der Waals surface area contributed by atoms with Crippen LogP contribution in [-0.2, 0) is 11.2 Å². The molecule has 0 bridgehead atoms. The van der Waals surface area contributed by atoms with Crippen molar-refractivity contribution in [2.45, 2.75) is 12.6 Å². The number of nitrogens with one attached hydrogen (secondary N) is 1. The standard InChI is InChI=1S/C26H18F3N3O4/c27-26(28,29)25(34)36-32-22-8-11-31-24(33)21(22)14-23(32)17-7-10-30-19(13-17)6-5-16-3-1-2-4-20(16)18-9-12-35-15-18/h1-7,9-10,12-15H,8,11H2,(H,31,33). The maximum atomic E-state index is 13.0. The highest BCUT2D eigenvalue weighted by Crippen LogP contribution is 2.30. The molecule has 1 aliphatic rings. The molecule has 5 rings (SSSR count). The van der Waals surface area contributed by atoms with Gasteiger partial charge in [-0.15, -0.1) is 0 Å². The van der Waals surface area contributed by atoms with Crippen LogP contribution in [0.3, 0.4) is 0 Å². The highest BCUT2D eigenvalue weighted by molar-refractivity contribution is 5.98. The van der Waals surface area contributed by atoms with Gasteiger partial charge < -0.3 is 14.6 Å². The maximum Gasteiger partial charge on any atom is 0.493 e. The molecule has 0 saturated heterocycles. The normalized spacial score (nSPS) is 13.5. The van der Waals surface area contributed by atoms with E-state index in [1.165, 1.54) is 12.3 Å². The number of alkyl halides is 3. The Hall–Kier alpha value is -4.60. The van der Waals surface area contributed by atoms with Crippen LogP contribution in [0.15, 0.2) is 71.7 Å². The molecule has 10 heteroatoms. The van der Waals surface area contributed by atoms with Crippen LogP contribution in [0.1, 0.15) is 27.3 Å².